The van der Waals surface area contributed by atoms with Crippen LogP contribution in [0.3, 0.4) is 0 Å². The van der Waals surface area contributed by atoms with Crippen molar-refractivity contribution in [3.05, 3.63) is 17.0 Å². The third-order valence-corrected chi connectivity index (χ3v) is 6.13. The summed E-state index contributed by atoms with van der Waals surface area (Å²) < 4.78 is 5.03. The second kappa shape index (κ2) is 7.51. The standard InChI is InChI=1S/C20H30N4O2/c1-13-15-5-3-4-6-17(15)23-20(21-13)24-11-16(14-7-8-14)18(12-24)22-19(25)9-10-26-2/h14,16,18H,3-12H2,1-2H3,(H,22,25)/t16-,18+/m0/s1. The minimum absolute atomic E-state index is 0.0897. The average Bonchev–Trinajstić information content (AvgIpc) is 3.40. The molecule has 0 bridgehead atoms. The molecule has 0 aromatic carbocycles. The smallest absolute Gasteiger partial charge is 0.225 e. The fraction of sp³-hybridized carbons (Fsp3) is 0.750. The molecule has 2 fully saturated rings. The fourth-order valence-electron chi connectivity index (χ4n) is 4.53. The Bertz CT molecular complexity index is 674. The van der Waals surface area contributed by atoms with E-state index in [4.69, 9.17) is 14.7 Å². The fourth-order valence-corrected chi connectivity index (χ4v) is 4.53. The molecule has 26 heavy (non-hydrogen) atoms. The summed E-state index contributed by atoms with van der Waals surface area (Å²) in [6, 6.07) is 0.201. The number of amides is 1. The molecule has 6 nitrogen and oxygen atoms in total. The van der Waals surface area contributed by atoms with Crippen LogP contribution in [0.5, 0.6) is 0 Å². The van der Waals surface area contributed by atoms with Crippen LogP contribution in [0, 0.1) is 18.8 Å². The number of aryl methyl sites for hydroxylation is 2. The van der Waals surface area contributed by atoms with Crippen molar-refractivity contribution in [2.24, 2.45) is 11.8 Å². The Labute approximate surface area is 155 Å². The maximum atomic E-state index is 12.2. The van der Waals surface area contributed by atoms with Crippen LogP contribution in [0.4, 0.5) is 5.95 Å². The third-order valence-electron chi connectivity index (χ3n) is 6.13. The molecule has 1 aromatic rings. The van der Waals surface area contributed by atoms with Gasteiger partial charge in [-0.1, -0.05) is 0 Å². The highest BCUT2D eigenvalue weighted by atomic mass is 16.5. The van der Waals surface area contributed by atoms with Crippen molar-refractivity contribution in [1.82, 2.24) is 15.3 Å². The van der Waals surface area contributed by atoms with Gasteiger partial charge < -0.3 is 15.0 Å². The van der Waals surface area contributed by atoms with E-state index < -0.39 is 0 Å². The number of hydrogen-bond donors (Lipinski definition) is 1. The second-order valence-electron chi connectivity index (χ2n) is 8.06. The van der Waals surface area contributed by atoms with Crippen LogP contribution in [-0.2, 0) is 22.4 Å². The van der Waals surface area contributed by atoms with Gasteiger partial charge in [0.1, 0.15) is 0 Å². The Morgan fingerprint density at radius 3 is 2.81 bits per heavy atom. The van der Waals surface area contributed by atoms with Gasteiger partial charge in [0.2, 0.25) is 11.9 Å². The zero-order chi connectivity index (χ0) is 18.1. The minimum Gasteiger partial charge on any atom is -0.384 e. The number of nitrogens with zero attached hydrogens (tertiary/aromatic N) is 3. The Balaban J connectivity index is 1.49. The predicted octanol–water partition coefficient (Wildman–Crippen LogP) is 2.03. The van der Waals surface area contributed by atoms with Crippen molar-refractivity contribution in [3.8, 4) is 0 Å². The predicted molar refractivity (Wildman–Crippen MR) is 100 cm³/mol. The topological polar surface area (TPSA) is 67.3 Å². The van der Waals surface area contributed by atoms with E-state index in [0.717, 1.165) is 43.5 Å². The van der Waals surface area contributed by atoms with E-state index in [1.54, 1.807) is 7.11 Å². The van der Waals surface area contributed by atoms with Gasteiger partial charge in [0.15, 0.2) is 0 Å². The summed E-state index contributed by atoms with van der Waals surface area (Å²) in [4.78, 5) is 24.2. The van der Waals surface area contributed by atoms with Crippen molar-refractivity contribution >= 4 is 11.9 Å². The molecule has 3 aliphatic rings. The lowest BCUT2D eigenvalue weighted by atomic mass is 9.95. The van der Waals surface area contributed by atoms with Gasteiger partial charge in [-0.05, 0) is 56.9 Å². The molecule has 1 aromatic heterocycles. The molecule has 4 rings (SSSR count). The summed E-state index contributed by atoms with van der Waals surface area (Å²) in [6.45, 7) is 4.37. The monoisotopic (exact) mass is 358 g/mol. The van der Waals surface area contributed by atoms with E-state index in [1.807, 2.05) is 0 Å². The molecular weight excluding hydrogens is 328 g/mol. The Morgan fingerprint density at radius 2 is 2.04 bits per heavy atom. The molecule has 1 amide bonds. The number of aromatic nitrogens is 2. The summed E-state index contributed by atoms with van der Waals surface area (Å²) in [5.74, 6) is 2.21. The van der Waals surface area contributed by atoms with Crippen molar-refractivity contribution in [1.29, 1.82) is 0 Å². The molecule has 2 atom stereocenters. The number of methoxy groups -OCH3 is 1. The molecule has 6 heteroatoms. The molecule has 1 saturated heterocycles. The van der Waals surface area contributed by atoms with Gasteiger partial charge in [-0.2, -0.15) is 0 Å². The Kier molecular flexibility index (Phi) is 5.11. The van der Waals surface area contributed by atoms with Gasteiger partial charge in [-0.3, -0.25) is 4.79 Å². The molecular formula is C20H30N4O2. The van der Waals surface area contributed by atoms with Crippen molar-refractivity contribution in [2.75, 3.05) is 31.7 Å². The Hall–Kier alpha value is -1.69. The minimum atomic E-state index is 0.0897. The molecule has 1 N–H and O–H groups in total. The molecule has 1 aliphatic heterocycles. The summed E-state index contributed by atoms with van der Waals surface area (Å²) in [5, 5.41) is 3.25. The van der Waals surface area contributed by atoms with Crippen LogP contribution >= 0.6 is 0 Å². The lowest BCUT2D eigenvalue weighted by Gasteiger charge is -2.22. The number of carbonyl (C=O) groups is 1. The first-order chi connectivity index (χ1) is 12.7. The molecule has 2 aliphatic carbocycles. The number of fused-ring (bicyclic) bond motifs is 1. The number of carbonyl (C=O) groups excluding carboxylic acids is 1. The van der Waals surface area contributed by atoms with Crippen LogP contribution in [0.2, 0.25) is 0 Å². The number of rotatable bonds is 6. The van der Waals surface area contributed by atoms with E-state index in [2.05, 4.69) is 17.1 Å². The maximum Gasteiger partial charge on any atom is 0.225 e. The van der Waals surface area contributed by atoms with E-state index in [0.29, 0.717) is 18.9 Å². The van der Waals surface area contributed by atoms with Crippen molar-refractivity contribution in [3.63, 3.8) is 0 Å². The highest BCUT2D eigenvalue weighted by molar-refractivity contribution is 5.76. The summed E-state index contributed by atoms with van der Waals surface area (Å²) in [6.07, 6.45) is 7.66. The van der Waals surface area contributed by atoms with Gasteiger partial charge in [-0.15, -0.1) is 0 Å². The van der Waals surface area contributed by atoms with Crippen molar-refractivity contribution in [2.45, 2.75) is 57.9 Å². The van der Waals surface area contributed by atoms with E-state index >= 15 is 0 Å². The molecule has 0 spiro atoms. The number of hydrogen-bond acceptors (Lipinski definition) is 5. The molecule has 1 saturated carbocycles. The number of anilines is 1. The normalized spacial score (nSPS) is 25.2. The quantitative estimate of drug-likeness (QED) is 0.843. The van der Waals surface area contributed by atoms with Crippen LogP contribution < -0.4 is 10.2 Å². The number of nitrogens with one attached hydrogen (secondary N) is 1. The first-order valence-corrected chi connectivity index (χ1v) is 10.1. The van der Waals surface area contributed by atoms with Crippen LogP contribution in [0.1, 0.15) is 49.1 Å². The van der Waals surface area contributed by atoms with Gasteiger partial charge in [0.05, 0.1) is 12.6 Å². The van der Waals surface area contributed by atoms with Gasteiger partial charge >= 0.3 is 0 Å². The zero-order valence-electron chi connectivity index (χ0n) is 16.0. The lowest BCUT2D eigenvalue weighted by Crippen LogP contribution is -2.41. The molecule has 0 radical (unpaired) electrons. The lowest BCUT2D eigenvalue weighted by molar-refractivity contribution is -0.122. The van der Waals surface area contributed by atoms with Crippen LogP contribution in [-0.4, -0.2) is 48.7 Å². The van der Waals surface area contributed by atoms with Crippen LogP contribution in [0.25, 0.3) is 0 Å². The van der Waals surface area contributed by atoms with Gasteiger partial charge in [0, 0.05) is 43.9 Å². The first kappa shape index (κ1) is 17.7. The molecule has 2 heterocycles. The molecule has 0 unspecified atom stereocenters. The highest BCUT2D eigenvalue weighted by Gasteiger charge is 2.43. The SMILES string of the molecule is COCCC(=O)N[C@@H]1CN(c2nc(C)c3c(n2)CCCC3)C[C@H]1C1CC1. The zero-order valence-corrected chi connectivity index (χ0v) is 16.0. The molecule has 142 valence electrons. The van der Waals surface area contributed by atoms with Gasteiger partial charge in [-0.25, -0.2) is 9.97 Å². The van der Waals surface area contributed by atoms with Crippen molar-refractivity contribution < 1.29 is 9.53 Å². The van der Waals surface area contributed by atoms with E-state index in [1.165, 1.54) is 36.9 Å². The summed E-state index contributed by atoms with van der Waals surface area (Å²) in [7, 11) is 1.63. The first-order valence-electron chi connectivity index (χ1n) is 10.1. The summed E-state index contributed by atoms with van der Waals surface area (Å²) in [5.41, 5.74) is 3.75. The number of ether oxygens (including phenoxy) is 1. The van der Waals surface area contributed by atoms with E-state index in [-0.39, 0.29) is 11.9 Å². The summed E-state index contributed by atoms with van der Waals surface area (Å²) >= 11 is 0. The highest BCUT2D eigenvalue weighted by Crippen LogP contribution is 2.42. The van der Waals surface area contributed by atoms with Gasteiger partial charge in [0.25, 0.3) is 0 Å². The largest absolute Gasteiger partial charge is 0.384 e. The van der Waals surface area contributed by atoms with E-state index in [9.17, 15) is 4.79 Å². The third kappa shape index (κ3) is 3.70. The maximum absolute atomic E-state index is 12.2. The Morgan fingerprint density at radius 1 is 1.23 bits per heavy atom. The van der Waals surface area contributed by atoms with Crippen LogP contribution in [0.15, 0.2) is 0 Å². The average molecular weight is 358 g/mol. The second-order valence-corrected chi connectivity index (χ2v) is 8.06.